The Morgan fingerprint density at radius 2 is 1.64 bits per heavy atom. The molecule has 0 unspecified atom stereocenters. The van der Waals surface area contributed by atoms with Crippen molar-refractivity contribution in [3.63, 3.8) is 0 Å². The van der Waals surface area contributed by atoms with Gasteiger partial charge in [-0.2, -0.15) is 0 Å². The maximum Gasteiger partial charge on any atom is 0.331 e. The second-order valence-electron chi connectivity index (χ2n) is 6.39. The first-order valence-corrected chi connectivity index (χ1v) is 8.73. The van der Waals surface area contributed by atoms with E-state index in [4.69, 9.17) is 18.9 Å². The Morgan fingerprint density at radius 3 is 2.11 bits per heavy atom. The first-order chi connectivity index (χ1) is 13.3. The summed E-state index contributed by atoms with van der Waals surface area (Å²) in [7, 11) is 5.11. The zero-order valence-corrected chi connectivity index (χ0v) is 16.3. The summed E-state index contributed by atoms with van der Waals surface area (Å²) in [5, 5.41) is 14.4. The fourth-order valence-corrected chi connectivity index (χ4v) is 3.51. The molecular formula is C18H24N2O8. The number of ether oxygens (including phenoxy) is 4. The number of rotatable bonds is 7. The van der Waals surface area contributed by atoms with E-state index in [0.29, 0.717) is 12.8 Å². The number of carbonyl (C=O) groups excluding carboxylic acids is 2. The van der Waals surface area contributed by atoms with Gasteiger partial charge in [-0.25, -0.2) is 4.79 Å². The van der Waals surface area contributed by atoms with Crippen molar-refractivity contribution < 1.29 is 33.5 Å². The molecule has 0 atom stereocenters. The van der Waals surface area contributed by atoms with Gasteiger partial charge in [-0.15, -0.1) is 0 Å². The van der Waals surface area contributed by atoms with Crippen LogP contribution in [0, 0.1) is 10.1 Å². The van der Waals surface area contributed by atoms with Crippen LogP contribution in [-0.4, -0.2) is 50.8 Å². The molecular weight excluding hydrogens is 372 g/mol. The summed E-state index contributed by atoms with van der Waals surface area (Å²) in [5.74, 6) is -1.53. The van der Waals surface area contributed by atoms with Gasteiger partial charge in [0.05, 0.1) is 33.4 Å². The summed E-state index contributed by atoms with van der Waals surface area (Å²) in [6.07, 6.45) is 3.17. The third-order valence-electron chi connectivity index (χ3n) is 4.87. The molecule has 1 fully saturated rings. The molecule has 10 heteroatoms. The van der Waals surface area contributed by atoms with E-state index < -0.39 is 28.0 Å². The number of hydrogen-bond acceptors (Lipinski definition) is 8. The van der Waals surface area contributed by atoms with Gasteiger partial charge in [0.2, 0.25) is 11.5 Å². The van der Waals surface area contributed by atoms with Crippen molar-refractivity contribution in [1.29, 1.82) is 0 Å². The largest absolute Gasteiger partial charge is 0.493 e. The van der Waals surface area contributed by atoms with Crippen LogP contribution >= 0.6 is 0 Å². The molecule has 1 aromatic carbocycles. The fourth-order valence-electron chi connectivity index (χ4n) is 3.51. The minimum Gasteiger partial charge on any atom is -0.493 e. The summed E-state index contributed by atoms with van der Waals surface area (Å²) < 4.78 is 20.3. The van der Waals surface area contributed by atoms with E-state index in [1.54, 1.807) is 0 Å². The number of carbonyl (C=O) groups is 2. The minimum atomic E-state index is -1.22. The van der Waals surface area contributed by atoms with Crippen LogP contribution < -0.4 is 19.5 Å². The Kier molecular flexibility index (Phi) is 6.66. The molecule has 28 heavy (non-hydrogen) atoms. The van der Waals surface area contributed by atoms with E-state index in [9.17, 15) is 19.7 Å². The predicted molar refractivity (Wildman–Crippen MR) is 98.1 cm³/mol. The van der Waals surface area contributed by atoms with Crippen molar-refractivity contribution in [3.8, 4) is 17.2 Å². The molecule has 2 rings (SSSR count). The van der Waals surface area contributed by atoms with E-state index in [0.717, 1.165) is 19.3 Å². The van der Waals surface area contributed by atoms with Gasteiger partial charge in [0.15, 0.2) is 5.75 Å². The van der Waals surface area contributed by atoms with Crippen LogP contribution in [0.25, 0.3) is 0 Å². The lowest BCUT2D eigenvalue weighted by Gasteiger charge is -2.35. The zero-order valence-electron chi connectivity index (χ0n) is 16.3. The first kappa shape index (κ1) is 21.3. The van der Waals surface area contributed by atoms with E-state index in [-0.39, 0.29) is 22.8 Å². The molecule has 1 aromatic rings. The Hall–Kier alpha value is -3.04. The highest BCUT2D eigenvalue weighted by Gasteiger charge is 2.44. The van der Waals surface area contributed by atoms with Gasteiger partial charge < -0.3 is 24.3 Å². The lowest BCUT2D eigenvalue weighted by atomic mass is 9.81. The van der Waals surface area contributed by atoms with Crippen LogP contribution in [-0.2, 0) is 9.53 Å². The number of methoxy groups -OCH3 is 4. The van der Waals surface area contributed by atoms with Crippen molar-refractivity contribution in [2.45, 2.75) is 37.6 Å². The average molecular weight is 396 g/mol. The van der Waals surface area contributed by atoms with Crippen LogP contribution in [0.15, 0.2) is 6.07 Å². The molecule has 1 saturated carbocycles. The van der Waals surface area contributed by atoms with Gasteiger partial charge in [0.25, 0.3) is 5.91 Å². The molecule has 1 amide bonds. The normalized spacial score (nSPS) is 15.3. The van der Waals surface area contributed by atoms with Gasteiger partial charge in [0.1, 0.15) is 11.1 Å². The van der Waals surface area contributed by atoms with Crippen LogP contribution in [0.4, 0.5) is 5.69 Å². The molecule has 154 valence electrons. The van der Waals surface area contributed by atoms with E-state index in [2.05, 4.69) is 5.32 Å². The molecule has 0 saturated heterocycles. The molecule has 0 aromatic heterocycles. The Morgan fingerprint density at radius 1 is 1.04 bits per heavy atom. The molecule has 1 N–H and O–H groups in total. The first-order valence-electron chi connectivity index (χ1n) is 8.73. The monoisotopic (exact) mass is 396 g/mol. The lowest BCUT2D eigenvalue weighted by molar-refractivity contribution is -0.386. The fraction of sp³-hybridized carbons (Fsp3) is 0.556. The molecule has 0 aliphatic heterocycles. The Balaban J connectivity index is 2.57. The SMILES string of the molecule is COC(=O)C1(NC(=O)c2cc(OC)c(OC)c(OC)c2[N+](=O)[O-])CCCCC1. The number of nitrogens with zero attached hydrogens (tertiary/aromatic N) is 1. The van der Waals surface area contributed by atoms with Gasteiger partial charge in [-0.3, -0.25) is 14.9 Å². The lowest BCUT2D eigenvalue weighted by Crippen LogP contribution is -2.56. The van der Waals surface area contributed by atoms with Crippen molar-refractivity contribution in [2.24, 2.45) is 0 Å². The number of nitro groups is 1. The van der Waals surface area contributed by atoms with Crippen molar-refractivity contribution in [3.05, 3.63) is 21.7 Å². The average Bonchev–Trinajstić information content (AvgIpc) is 2.71. The number of nitrogens with one attached hydrogen (secondary N) is 1. The maximum absolute atomic E-state index is 13.0. The van der Waals surface area contributed by atoms with Crippen LogP contribution in [0.1, 0.15) is 42.5 Å². The summed E-state index contributed by atoms with van der Waals surface area (Å²) >= 11 is 0. The summed E-state index contributed by atoms with van der Waals surface area (Å²) in [5.41, 5.74) is -2.10. The second kappa shape index (κ2) is 8.77. The van der Waals surface area contributed by atoms with Crippen molar-refractivity contribution in [2.75, 3.05) is 28.4 Å². The van der Waals surface area contributed by atoms with Gasteiger partial charge in [-0.1, -0.05) is 19.3 Å². The molecule has 1 aliphatic rings. The molecule has 0 radical (unpaired) electrons. The standard InChI is InChI=1S/C18H24N2O8/c1-25-12-10-11(13(20(23)24)15(27-3)14(12)26-2)16(21)19-18(17(22)28-4)8-6-5-7-9-18/h10H,5-9H2,1-4H3,(H,19,21). The van der Waals surface area contributed by atoms with Gasteiger partial charge in [-0.05, 0) is 12.8 Å². The molecule has 0 heterocycles. The van der Waals surface area contributed by atoms with E-state index in [1.165, 1.54) is 34.5 Å². The van der Waals surface area contributed by atoms with Crippen LogP contribution in [0.5, 0.6) is 17.2 Å². The summed E-state index contributed by atoms with van der Waals surface area (Å²) in [6, 6.07) is 1.20. The number of nitro benzene ring substituents is 1. The Labute approximate surface area is 162 Å². The van der Waals surface area contributed by atoms with Crippen molar-refractivity contribution in [1.82, 2.24) is 5.32 Å². The molecule has 0 bridgehead atoms. The molecule has 0 spiro atoms. The summed E-state index contributed by atoms with van der Waals surface area (Å²) in [6.45, 7) is 0. The highest BCUT2D eigenvalue weighted by Crippen LogP contribution is 2.46. The number of esters is 1. The number of amides is 1. The highest BCUT2D eigenvalue weighted by molar-refractivity contribution is 6.03. The Bertz CT molecular complexity index is 771. The maximum atomic E-state index is 13.0. The highest BCUT2D eigenvalue weighted by atomic mass is 16.6. The number of benzene rings is 1. The van der Waals surface area contributed by atoms with Crippen LogP contribution in [0.2, 0.25) is 0 Å². The smallest absolute Gasteiger partial charge is 0.331 e. The zero-order chi connectivity index (χ0) is 20.9. The second-order valence-corrected chi connectivity index (χ2v) is 6.39. The number of hydrogen-bond donors (Lipinski definition) is 1. The van der Waals surface area contributed by atoms with Crippen molar-refractivity contribution >= 4 is 17.6 Å². The minimum absolute atomic E-state index is 0.00593. The van der Waals surface area contributed by atoms with Gasteiger partial charge in [0, 0.05) is 6.07 Å². The van der Waals surface area contributed by atoms with Gasteiger partial charge >= 0.3 is 11.7 Å². The topological polar surface area (TPSA) is 126 Å². The summed E-state index contributed by atoms with van der Waals surface area (Å²) in [4.78, 5) is 36.4. The quantitative estimate of drug-likeness (QED) is 0.422. The molecule has 10 nitrogen and oxygen atoms in total. The van der Waals surface area contributed by atoms with E-state index in [1.807, 2.05) is 0 Å². The van der Waals surface area contributed by atoms with Crippen LogP contribution in [0.3, 0.4) is 0 Å². The third-order valence-corrected chi connectivity index (χ3v) is 4.87. The molecule has 1 aliphatic carbocycles. The third kappa shape index (κ3) is 3.80. The predicted octanol–water partition coefficient (Wildman–Crippen LogP) is 2.23. The van der Waals surface area contributed by atoms with E-state index >= 15 is 0 Å².